The Morgan fingerprint density at radius 3 is 1.92 bits per heavy atom. The number of piperazine rings is 1. The number of aromatic nitrogens is 4. The maximum atomic E-state index is 13.2. The van der Waals surface area contributed by atoms with Crippen molar-refractivity contribution in [1.82, 2.24) is 28.9 Å². The molecule has 1 amide bonds. The smallest absolute Gasteiger partial charge is 0.329 e. The molecule has 1 aliphatic heterocycles. The second-order valence-electron chi connectivity index (χ2n) is 9.51. The summed E-state index contributed by atoms with van der Waals surface area (Å²) in [5.41, 5.74) is 3.62. The molecule has 3 heterocycles. The van der Waals surface area contributed by atoms with Gasteiger partial charge in [0.2, 0.25) is 5.91 Å². The Kier molecular flexibility index (Phi) is 6.73. The lowest BCUT2D eigenvalue weighted by Crippen LogP contribution is -2.51. The summed E-state index contributed by atoms with van der Waals surface area (Å²) >= 11 is 0. The summed E-state index contributed by atoms with van der Waals surface area (Å²) in [6.45, 7) is 9.09. The van der Waals surface area contributed by atoms with Crippen molar-refractivity contribution >= 4 is 33.9 Å². The Bertz CT molecular complexity index is 1370. The molecule has 2 aromatic carbocycles. The number of carbonyl (C=O) groups excluding carboxylic acids is 2. The predicted molar refractivity (Wildman–Crippen MR) is 137 cm³/mol. The van der Waals surface area contributed by atoms with Crippen LogP contribution in [0.2, 0.25) is 0 Å². The molecule has 0 saturated carbocycles. The van der Waals surface area contributed by atoms with E-state index in [1.165, 1.54) is 0 Å². The number of fused-ring (bicyclic) bond motifs is 2. The Balaban J connectivity index is 1.12. The summed E-state index contributed by atoms with van der Waals surface area (Å²) < 4.78 is 9.56. The fraction of sp³-hybridized carbons (Fsp3) is 0.407. The number of esters is 1. The lowest BCUT2D eigenvalue weighted by atomic mass is 10.2. The Labute approximate surface area is 210 Å². The van der Waals surface area contributed by atoms with Crippen molar-refractivity contribution in [2.24, 2.45) is 0 Å². The second-order valence-corrected chi connectivity index (χ2v) is 9.51. The maximum Gasteiger partial charge on any atom is 0.329 e. The lowest BCUT2D eigenvalue weighted by molar-refractivity contribution is -0.152. The topological polar surface area (TPSA) is 85.5 Å². The molecule has 3 atom stereocenters. The van der Waals surface area contributed by atoms with Gasteiger partial charge in [0.15, 0.2) is 0 Å². The van der Waals surface area contributed by atoms with Gasteiger partial charge in [0.25, 0.3) is 0 Å². The van der Waals surface area contributed by atoms with Crippen molar-refractivity contribution in [2.45, 2.75) is 39.0 Å². The molecule has 0 N–H and O–H groups in total. The van der Waals surface area contributed by atoms with Gasteiger partial charge < -0.3 is 18.8 Å². The van der Waals surface area contributed by atoms with Crippen LogP contribution in [0.15, 0.2) is 61.2 Å². The van der Waals surface area contributed by atoms with E-state index in [1.807, 2.05) is 83.3 Å². The average Bonchev–Trinajstić information content (AvgIpc) is 3.52. The number of carbonyl (C=O) groups is 2. The fourth-order valence-corrected chi connectivity index (χ4v) is 4.92. The summed E-state index contributed by atoms with van der Waals surface area (Å²) in [6.07, 6.45) is 3.17. The van der Waals surface area contributed by atoms with E-state index in [4.69, 9.17) is 4.74 Å². The van der Waals surface area contributed by atoms with E-state index < -0.39 is 6.04 Å². The first-order valence-electron chi connectivity index (χ1n) is 12.5. The molecule has 1 saturated heterocycles. The normalized spacial score (nSPS) is 17.2. The summed E-state index contributed by atoms with van der Waals surface area (Å²) in [5.74, 6) is -0.181. The van der Waals surface area contributed by atoms with Gasteiger partial charge >= 0.3 is 5.97 Å². The highest BCUT2D eigenvalue weighted by atomic mass is 16.5. The van der Waals surface area contributed by atoms with Crippen LogP contribution in [0.3, 0.4) is 0 Å². The van der Waals surface area contributed by atoms with Crippen LogP contribution in [-0.4, -0.2) is 79.6 Å². The van der Waals surface area contributed by atoms with Crippen molar-refractivity contribution in [3.63, 3.8) is 0 Å². The molecule has 4 aromatic rings. The van der Waals surface area contributed by atoms with Crippen LogP contribution in [0.1, 0.15) is 32.9 Å². The lowest BCUT2D eigenvalue weighted by Gasteiger charge is -2.37. The molecule has 1 aliphatic rings. The SMILES string of the molecule is CC(CN1CCN(C(=O)C(C)n2cnc3ccccc32)CC1)OC(=O)C(C)n1cnc2ccccc21. The highest BCUT2D eigenvalue weighted by molar-refractivity contribution is 5.84. The monoisotopic (exact) mass is 488 g/mol. The molecule has 2 aromatic heterocycles. The van der Waals surface area contributed by atoms with Gasteiger partial charge in [-0.25, -0.2) is 14.8 Å². The van der Waals surface area contributed by atoms with Crippen LogP contribution in [0, 0.1) is 0 Å². The molecule has 36 heavy (non-hydrogen) atoms. The molecule has 0 spiro atoms. The third-order valence-electron chi connectivity index (χ3n) is 7.01. The van der Waals surface area contributed by atoms with Gasteiger partial charge in [0.05, 0.1) is 34.7 Å². The molecule has 5 rings (SSSR count). The molecule has 1 fully saturated rings. The summed E-state index contributed by atoms with van der Waals surface area (Å²) in [5, 5.41) is 0. The van der Waals surface area contributed by atoms with Crippen molar-refractivity contribution < 1.29 is 14.3 Å². The quantitative estimate of drug-likeness (QED) is 0.371. The van der Waals surface area contributed by atoms with E-state index in [0.29, 0.717) is 19.6 Å². The first-order chi connectivity index (χ1) is 17.4. The van der Waals surface area contributed by atoms with Crippen molar-refractivity contribution in [3.05, 3.63) is 61.2 Å². The third kappa shape index (κ3) is 4.70. The molecule has 0 radical (unpaired) electrons. The van der Waals surface area contributed by atoms with Crippen LogP contribution in [-0.2, 0) is 14.3 Å². The minimum absolute atomic E-state index is 0.0960. The Morgan fingerprint density at radius 2 is 1.33 bits per heavy atom. The predicted octanol–water partition coefficient (Wildman–Crippen LogP) is 3.28. The first kappa shape index (κ1) is 24.0. The van der Waals surface area contributed by atoms with Gasteiger partial charge in [-0.2, -0.15) is 0 Å². The van der Waals surface area contributed by atoms with E-state index in [9.17, 15) is 9.59 Å². The molecular weight excluding hydrogens is 456 g/mol. The Morgan fingerprint density at radius 1 is 0.806 bits per heavy atom. The van der Waals surface area contributed by atoms with Crippen LogP contribution in [0.25, 0.3) is 22.1 Å². The van der Waals surface area contributed by atoms with Gasteiger partial charge in [0.1, 0.15) is 18.2 Å². The molecule has 188 valence electrons. The number of para-hydroxylation sites is 4. The van der Waals surface area contributed by atoms with E-state index in [0.717, 1.165) is 35.2 Å². The van der Waals surface area contributed by atoms with E-state index >= 15 is 0 Å². The Hall–Kier alpha value is -3.72. The minimum atomic E-state index is -0.463. The number of imidazole rings is 2. The standard InChI is InChI=1S/C27H32N6O3/c1-19(36-27(35)21(3)33-18-29-23-9-5-7-11-25(23)33)16-30-12-14-31(15-13-30)26(34)20(2)32-17-28-22-8-4-6-10-24(22)32/h4-11,17-21H,12-16H2,1-3H3. The molecule has 9 heteroatoms. The van der Waals surface area contributed by atoms with Crippen molar-refractivity contribution in [1.29, 1.82) is 0 Å². The van der Waals surface area contributed by atoms with Crippen LogP contribution in [0.4, 0.5) is 0 Å². The number of ether oxygens (including phenoxy) is 1. The molecule has 9 nitrogen and oxygen atoms in total. The zero-order valence-corrected chi connectivity index (χ0v) is 20.9. The average molecular weight is 489 g/mol. The molecular formula is C27H32N6O3. The largest absolute Gasteiger partial charge is 0.460 e. The van der Waals surface area contributed by atoms with Gasteiger partial charge in [-0.15, -0.1) is 0 Å². The van der Waals surface area contributed by atoms with Gasteiger partial charge in [-0.3, -0.25) is 9.69 Å². The summed E-state index contributed by atoms with van der Waals surface area (Å²) in [6, 6.07) is 14.8. The maximum absolute atomic E-state index is 13.2. The van der Waals surface area contributed by atoms with E-state index in [-0.39, 0.29) is 24.0 Å². The summed E-state index contributed by atoms with van der Waals surface area (Å²) in [7, 11) is 0. The molecule has 0 bridgehead atoms. The number of amides is 1. The highest BCUT2D eigenvalue weighted by Gasteiger charge is 2.28. The molecule has 3 unspecified atom stereocenters. The van der Waals surface area contributed by atoms with Gasteiger partial charge in [-0.1, -0.05) is 24.3 Å². The van der Waals surface area contributed by atoms with Gasteiger partial charge in [-0.05, 0) is 45.0 Å². The van der Waals surface area contributed by atoms with Gasteiger partial charge in [0, 0.05) is 32.7 Å². The van der Waals surface area contributed by atoms with E-state index in [2.05, 4.69) is 14.9 Å². The minimum Gasteiger partial charge on any atom is -0.460 e. The zero-order valence-electron chi connectivity index (χ0n) is 20.9. The second kappa shape index (κ2) is 10.1. The number of benzene rings is 2. The third-order valence-corrected chi connectivity index (χ3v) is 7.01. The number of nitrogens with zero attached hydrogens (tertiary/aromatic N) is 6. The summed E-state index contributed by atoms with van der Waals surface area (Å²) in [4.78, 5) is 38.9. The van der Waals surface area contributed by atoms with Crippen LogP contribution < -0.4 is 0 Å². The van der Waals surface area contributed by atoms with Crippen LogP contribution >= 0.6 is 0 Å². The number of hydrogen-bond donors (Lipinski definition) is 0. The van der Waals surface area contributed by atoms with Crippen LogP contribution in [0.5, 0.6) is 0 Å². The zero-order chi connectivity index (χ0) is 25.2. The highest BCUT2D eigenvalue weighted by Crippen LogP contribution is 2.21. The number of rotatable bonds is 7. The number of hydrogen-bond acceptors (Lipinski definition) is 6. The first-order valence-corrected chi connectivity index (χ1v) is 12.5. The molecule has 0 aliphatic carbocycles. The van der Waals surface area contributed by atoms with Crippen molar-refractivity contribution in [3.8, 4) is 0 Å². The van der Waals surface area contributed by atoms with Crippen molar-refractivity contribution in [2.75, 3.05) is 32.7 Å². The fourth-order valence-electron chi connectivity index (χ4n) is 4.92. The van der Waals surface area contributed by atoms with E-state index in [1.54, 1.807) is 12.7 Å².